The number of anilines is 1. The van der Waals surface area contributed by atoms with E-state index in [4.69, 9.17) is 32.5 Å². The van der Waals surface area contributed by atoms with Gasteiger partial charge in [0, 0.05) is 49.9 Å². The summed E-state index contributed by atoms with van der Waals surface area (Å²) in [7, 11) is 3.25. The number of aldehydes is 1. The summed E-state index contributed by atoms with van der Waals surface area (Å²) in [6.45, 7) is 2.84. The average molecular weight is 633 g/mol. The molecule has 3 heterocycles. The molecule has 0 spiro atoms. The van der Waals surface area contributed by atoms with Crippen LogP contribution in [0.2, 0.25) is 10.0 Å². The van der Waals surface area contributed by atoms with Gasteiger partial charge in [0.1, 0.15) is 23.3 Å². The predicted octanol–water partition coefficient (Wildman–Crippen LogP) is 8.03. The zero-order valence-electron chi connectivity index (χ0n) is 23.4. The Kier molecular flexibility index (Phi) is 8.84. The molecule has 2 saturated carbocycles. The Labute approximate surface area is 257 Å². The van der Waals surface area contributed by atoms with E-state index >= 15 is 0 Å². The number of hydrogen-bond acceptors (Lipinski definition) is 8. The normalized spacial score (nSPS) is 21.5. The first-order valence-corrected chi connectivity index (χ1v) is 15.7. The van der Waals surface area contributed by atoms with Gasteiger partial charge in [-0.1, -0.05) is 45.8 Å². The second-order valence-corrected chi connectivity index (χ2v) is 13.1. The summed E-state index contributed by atoms with van der Waals surface area (Å²) in [6.07, 6.45) is 5.12. The van der Waals surface area contributed by atoms with Crippen molar-refractivity contribution in [2.75, 3.05) is 38.8 Å². The van der Waals surface area contributed by atoms with Crippen LogP contribution in [0.15, 0.2) is 34.9 Å². The fraction of sp³-hybridized carbons (Fsp3) is 0.452. The average Bonchev–Trinajstić information content (AvgIpc) is 3.27. The topological polar surface area (TPSA) is 77.7 Å². The van der Waals surface area contributed by atoms with Crippen LogP contribution in [0.4, 0.5) is 9.52 Å². The first-order chi connectivity index (χ1) is 20.4. The van der Waals surface area contributed by atoms with Gasteiger partial charge in [-0.15, -0.1) is 0 Å². The molecule has 0 radical (unpaired) electrons. The molecule has 42 heavy (non-hydrogen) atoms. The summed E-state index contributed by atoms with van der Waals surface area (Å²) in [4.78, 5) is 18.0. The molecule has 4 aromatic rings. The molecule has 1 aliphatic heterocycles. The molecule has 2 aliphatic carbocycles. The second kappa shape index (κ2) is 12.6. The Morgan fingerprint density at radius 3 is 2.62 bits per heavy atom. The molecule has 7 nitrogen and oxygen atoms in total. The van der Waals surface area contributed by atoms with Crippen LogP contribution >= 0.6 is 34.5 Å². The molecule has 2 aromatic carbocycles. The van der Waals surface area contributed by atoms with Gasteiger partial charge in [0.05, 0.1) is 28.0 Å². The maximum Gasteiger partial charge on any atom is 0.186 e. The number of carbonyl (C=O) groups excluding carboxylic acids is 1. The minimum Gasteiger partial charge on any atom is -0.388 e. The molecule has 3 fully saturated rings. The Hall–Kier alpha value is -2.56. The maximum absolute atomic E-state index is 14.5. The SMILES string of the molecule is COC.O=Cc1cc(F)c2nc(N3CC4CCC(COCc5c(-c6c(Cl)cccc6Cl)noc5C5CC5)C4C3)sc2c1. The number of hydrogen-bond donors (Lipinski definition) is 0. The van der Waals surface area contributed by atoms with E-state index in [1.54, 1.807) is 20.3 Å². The van der Waals surface area contributed by atoms with E-state index < -0.39 is 5.82 Å². The highest BCUT2D eigenvalue weighted by atomic mass is 35.5. The summed E-state index contributed by atoms with van der Waals surface area (Å²) in [5, 5.41) is 6.27. The van der Waals surface area contributed by atoms with Crippen molar-refractivity contribution in [2.24, 2.45) is 17.8 Å². The van der Waals surface area contributed by atoms with Crippen LogP contribution in [0.5, 0.6) is 0 Å². The number of rotatable bonds is 8. The number of ether oxygens (including phenoxy) is 2. The van der Waals surface area contributed by atoms with Crippen molar-refractivity contribution in [3.05, 3.63) is 63.1 Å². The largest absolute Gasteiger partial charge is 0.388 e. The standard InChI is InChI=1S/C29H26Cl2FN3O3S.C2H6O/c30-21-2-1-3-22(31)25(21)26-20(28(38-34-26)16-4-5-16)14-37-13-18-7-6-17-10-35(11-19(17)18)29-33-27-23(32)8-15(12-36)9-24(27)39-29;1-3-2/h1-3,8-9,12,16-19H,4-7,10-11,13-14H2;1-2H3. The molecule has 3 atom stereocenters. The molecule has 3 aliphatic rings. The second-order valence-electron chi connectivity index (χ2n) is 11.3. The Morgan fingerprint density at radius 1 is 1.14 bits per heavy atom. The summed E-state index contributed by atoms with van der Waals surface area (Å²) < 4.78 is 31.6. The zero-order valence-corrected chi connectivity index (χ0v) is 25.8. The van der Waals surface area contributed by atoms with E-state index in [1.165, 1.54) is 17.4 Å². The van der Waals surface area contributed by atoms with E-state index in [9.17, 15) is 9.18 Å². The summed E-state index contributed by atoms with van der Waals surface area (Å²) in [5.74, 6) is 2.32. The summed E-state index contributed by atoms with van der Waals surface area (Å²) in [5.41, 5.74) is 2.98. The highest BCUT2D eigenvalue weighted by Gasteiger charge is 2.43. The Bertz CT molecular complexity index is 1570. The van der Waals surface area contributed by atoms with Gasteiger partial charge in [-0.2, -0.15) is 0 Å². The van der Waals surface area contributed by atoms with Gasteiger partial charge in [0.2, 0.25) is 0 Å². The Morgan fingerprint density at radius 2 is 1.90 bits per heavy atom. The van der Waals surface area contributed by atoms with Crippen molar-refractivity contribution in [1.82, 2.24) is 10.1 Å². The molecule has 0 N–H and O–H groups in total. The fourth-order valence-corrected chi connectivity index (χ4v) is 7.93. The third kappa shape index (κ3) is 5.82. The smallest absolute Gasteiger partial charge is 0.186 e. The Balaban J connectivity index is 0.00000101. The van der Waals surface area contributed by atoms with Crippen molar-refractivity contribution >= 4 is 56.2 Å². The third-order valence-corrected chi connectivity index (χ3v) is 10.1. The van der Waals surface area contributed by atoms with E-state index in [2.05, 4.69) is 19.8 Å². The number of fused-ring (bicyclic) bond motifs is 2. The fourth-order valence-electron chi connectivity index (χ4n) is 6.30. The number of thiazole rings is 1. The van der Waals surface area contributed by atoms with Gasteiger partial charge in [0.15, 0.2) is 10.9 Å². The van der Waals surface area contributed by atoms with Crippen molar-refractivity contribution in [2.45, 2.75) is 38.2 Å². The number of methoxy groups -OCH3 is 1. The minimum atomic E-state index is -0.445. The quantitative estimate of drug-likeness (QED) is 0.182. The maximum atomic E-state index is 14.5. The number of carbonyl (C=O) groups is 1. The molecule has 0 bridgehead atoms. The zero-order chi connectivity index (χ0) is 29.4. The van der Waals surface area contributed by atoms with E-state index in [-0.39, 0.29) is 0 Å². The van der Waals surface area contributed by atoms with Crippen LogP contribution in [-0.4, -0.2) is 50.3 Å². The molecule has 2 aromatic heterocycles. The van der Waals surface area contributed by atoms with Gasteiger partial charge in [-0.3, -0.25) is 4.79 Å². The lowest BCUT2D eigenvalue weighted by atomic mass is 9.93. The third-order valence-electron chi connectivity index (χ3n) is 8.42. The van der Waals surface area contributed by atoms with Crippen LogP contribution in [0, 0.1) is 23.6 Å². The number of nitrogens with zero attached hydrogens (tertiary/aromatic N) is 3. The van der Waals surface area contributed by atoms with Crippen LogP contribution < -0.4 is 4.90 Å². The van der Waals surface area contributed by atoms with Crippen LogP contribution in [-0.2, 0) is 16.1 Å². The summed E-state index contributed by atoms with van der Waals surface area (Å²) >= 11 is 14.5. The predicted molar refractivity (Wildman–Crippen MR) is 163 cm³/mol. The van der Waals surface area contributed by atoms with Gasteiger partial charge in [-0.25, -0.2) is 9.37 Å². The monoisotopic (exact) mass is 631 g/mol. The lowest BCUT2D eigenvalue weighted by Crippen LogP contribution is -2.24. The molecule has 1 saturated heterocycles. The van der Waals surface area contributed by atoms with Gasteiger partial charge >= 0.3 is 0 Å². The number of benzene rings is 2. The van der Waals surface area contributed by atoms with Crippen molar-refractivity contribution in [1.29, 1.82) is 0 Å². The number of aromatic nitrogens is 2. The molecule has 3 unspecified atom stereocenters. The van der Waals surface area contributed by atoms with Gasteiger partial charge < -0.3 is 18.9 Å². The molecular formula is C31H32Cl2FN3O4S. The van der Waals surface area contributed by atoms with Crippen LogP contribution in [0.3, 0.4) is 0 Å². The molecule has 11 heteroatoms. The van der Waals surface area contributed by atoms with Crippen molar-refractivity contribution < 1.29 is 23.2 Å². The van der Waals surface area contributed by atoms with Crippen molar-refractivity contribution in [3.8, 4) is 11.3 Å². The van der Waals surface area contributed by atoms with E-state index in [0.29, 0.717) is 80.3 Å². The molecular weight excluding hydrogens is 600 g/mol. The molecule has 222 valence electrons. The highest BCUT2D eigenvalue weighted by molar-refractivity contribution is 7.22. The first kappa shape index (κ1) is 29.5. The summed E-state index contributed by atoms with van der Waals surface area (Å²) in [6, 6.07) is 8.40. The highest BCUT2D eigenvalue weighted by Crippen LogP contribution is 2.47. The lowest BCUT2D eigenvalue weighted by molar-refractivity contribution is 0.0738. The number of halogens is 3. The first-order valence-electron chi connectivity index (χ1n) is 14.1. The molecule has 7 rings (SSSR count). The van der Waals surface area contributed by atoms with Gasteiger partial charge in [0.25, 0.3) is 0 Å². The van der Waals surface area contributed by atoms with Crippen molar-refractivity contribution in [3.63, 3.8) is 0 Å². The van der Waals surface area contributed by atoms with Crippen LogP contribution in [0.25, 0.3) is 21.5 Å². The van der Waals surface area contributed by atoms with Crippen LogP contribution in [0.1, 0.15) is 53.3 Å². The minimum absolute atomic E-state index is 0.336. The molecule has 0 amide bonds. The van der Waals surface area contributed by atoms with Gasteiger partial charge in [-0.05, 0) is 67.7 Å². The van der Waals surface area contributed by atoms with E-state index in [1.807, 2.05) is 18.2 Å². The lowest BCUT2D eigenvalue weighted by Gasteiger charge is -2.20. The van der Waals surface area contributed by atoms with E-state index in [0.717, 1.165) is 55.2 Å².